The number of hydrogen-bond donors (Lipinski definition) is 1. The molecule has 0 spiro atoms. The quantitative estimate of drug-likeness (QED) is 0.308. The Morgan fingerprint density at radius 3 is 2.42 bits per heavy atom. The fraction of sp³-hybridized carbons (Fsp3) is 0.333. The van der Waals surface area contributed by atoms with Crippen LogP contribution < -0.4 is 19.7 Å². The maximum atomic E-state index is 6.62. The molecule has 1 saturated heterocycles. The van der Waals surface area contributed by atoms with Gasteiger partial charge in [-0.25, -0.2) is 0 Å². The summed E-state index contributed by atoms with van der Waals surface area (Å²) < 4.78 is 12.9. The topological polar surface area (TPSA) is 33.7 Å². The first-order valence-electron chi connectivity index (χ1n) is 11.5. The highest BCUT2D eigenvalue weighted by atomic mass is 79.9. The minimum absolute atomic E-state index is 0.493. The number of anilines is 2. The summed E-state index contributed by atoms with van der Waals surface area (Å²) in [6.07, 6.45) is 3.78. The van der Waals surface area contributed by atoms with Crippen LogP contribution in [0.3, 0.4) is 0 Å². The van der Waals surface area contributed by atoms with Gasteiger partial charge >= 0.3 is 0 Å². The molecule has 33 heavy (non-hydrogen) atoms. The largest absolute Gasteiger partial charge is 0.490 e. The molecule has 1 N–H and O–H groups in total. The Bertz CT molecular complexity index is 1060. The molecule has 1 fully saturated rings. The average molecular weight is 530 g/mol. The molecule has 6 heteroatoms. The van der Waals surface area contributed by atoms with Gasteiger partial charge < -0.3 is 19.7 Å². The van der Waals surface area contributed by atoms with E-state index in [1.54, 1.807) is 0 Å². The highest BCUT2D eigenvalue weighted by molar-refractivity contribution is 9.10. The number of ether oxygens (including phenoxy) is 2. The lowest BCUT2D eigenvalue weighted by molar-refractivity contribution is 0.269. The molecule has 0 aliphatic carbocycles. The van der Waals surface area contributed by atoms with Crippen LogP contribution >= 0.6 is 27.5 Å². The monoisotopic (exact) mass is 528 g/mol. The Hall–Kier alpha value is -2.37. The number of piperidine rings is 1. The summed E-state index contributed by atoms with van der Waals surface area (Å²) in [5, 5.41) is 4.28. The molecule has 0 bridgehead atoms. The maximum Gasteiger partial charge on any atom is 0.162 e. The highest BCUT2D eigenvalue weighted by Gasteiger charge is 2.15. The lowest BCUT2D eigenvalue weighted by Crippen LogP contribution is -2.29. The summed E-state index contributed by atoms with van der Waals surface area (Å²) in [5.41, 5.74) is 4.32. The summed E-state index contributed by atoms with van der Waals surface area (Å²) in [6.45, 7) is 5.85. The molecule has 3 aromatic carbocycles. The van der Waals surface area contributed by atoms with Gasteiger partial charge in [0.25, 0.3) is 0 Å². The van der Waals surface area contributed by atoms with Crippen molar-refractivity contribution in [2.75, 3.05) is 29.9 Å². The Labute approximate surface area is 210 Å². The Morgan fingerprint density at radius 2 is 1.70 bits per heavy atom. The van der Waals surface area contributed by atoms with Crippen molar-refractivity contribution in [3.8, 4) is 11.5 Å². The third-order valence-electron chi connectivity index (χ3n) is 5.78. The number of nitrogens with one attached hydrogen (secondary N) is 1. The Balaban J connectivity index is 1.44. The van der Waals surface area contributed by atoms with E-state index in [1.807, 2.05) is 43.3 Å². The molecule has 0 amide bonds. The van der Waals surface area contributed by atoms with Crippen molar-refractivity contribution in [1.29, 1.82) is 0 Å². The second-order valence-corrected chi connectivity index (χ2v) is 9.43. The molecule has 0 radical (unpaired) electrons. The van der Waals surface area contributed by atoms with E-state index in [1.165, 1.54) is 19.3 Å². The summed E-state index contributed by atoms with van der Waals surface area (Å²) in [6, 6.07) is 20.4. The van der Waals surface area contributed by atoms with Crippen molar-refractivity contribution in [3.63, 3.8) is 0 Å². The minimum atomic E-state index is 0.493. The van der Waals surface area contributed by atoms with E-state index in [0.717, 1.165) is 56.6 Å². The number of benzene rings is 3. The normalized spacial score (nSPS) is 13.6. The van der Waals surface area contributed by atoms with Crippen LogP contribution in [-0.4, -0.2) is 19.7 Å². The molecule has 1 aliphatic rings. The zero-order chi connectivity index (χ0) is 23.0. The van der Waals surface area contributed by atoms with E-state index in [4.69, 9.17) is 21.1 Å². The van der Waals surface area contributed by atoms with E-state index in [0.29, 0.717) is 19.8 Å². The van der Waals surface area contributed by atoms with Gasteiger partial charge in [0.2, 0.25) is 0 Å². The Kier molecular flexibility index (Phi) is 8.40. The van der Waals surface area contributed by atoms with E-state index < -0.39 is 0 Å². The third kappa shape index (κ3) is 6.36. The van der Waals surface area contributed by atoms with Gasteiger partial charge in [0, 0.05) is 29.8 Å². The van der Waals surface area contributed by atoms with Gasteiger partial charge in [0.05, 0.1) is 17.3 Å². The predicted octanol–water partition coefficient (Wildman–Crippen LogP) is 7.68. The zero-order valence-corrected chi connectivity index (χ0v) is 21.3. The summed E-state index contributed by atoms with van der Waals surface area (Å²) >= 11 is 10.3. The van der Waals surface area contributed by atoms with E-state index in [2.05, 4.69) is 50.4 Å². The number of rotatable bonds is 9. The molecule has 4 rings (SSSR count). The molecule has 1 heterocycles. The molecule has 174 valence electrons. The van der Waals surface area contributed by atoms with Crippen LogP contribution in [0.1, 0.15) is 37.3 Å². The molecule has 0 saturated carbocycles. The van der Waals surface area contributed by atoms with Crippen LogP contribution in [0.4, 0.5) is 11.4 Å². The second-order valence-electron chi connectivity index (χ2n) is 8.17. The molecule has 0 atom stereocenters. The van der Waals surface area contributed by atoms with Crippen molar-refractivity contribution >= 4 is 38.9 Å². The van der Waals surface area contributed by atoms with Crippen LogP contribution in [0.5, 0.6) is 11.5 Å². The maximum absolute atomic E-state index is 6.62. The fourth-order valence-corrected chi connectivity index (χ4v) is 4.80. The van der Waals surface area contributed by atoms with Gasteiger partial charge in [0.15, 0.2) is 11.5 Å². The first-order valence-corrected chi connectivity index (χ1v) is 12.7. The van der Waals surface area contributed by atoms with Gasteiger partial charge in [-0.3, -0.25) is 0 Å². The van der Waals surface area contributed by atoms with Crippen molar-refractivity contribution in [1.82, 2.24) is 0 Å². The molecule has 3 aromatic rings. The van der Waals surface area contributed by atoms with E-state index in [-0.39, 0.29) is 0 Å². The van der Waals surface area contributed by atoms with Crippen LogP contribution in [0.15, 0.2) is 65.1 Å². The average Bonchev–Trinajstić information content (AvgIpc) is 2.84. The smallest absolute Gasteiger partial charge is 0.162 e. The zero-order valence-electron chi connectivity index (χ0n) is 18.9. The number of hydrogen-bond acceptors (Lipinski definition) is 4. The van der Waals surface area contributed by atoms with Crippen molar-refractivity contribution in [2.45, 2.75) is 39.3 Å². The van der Waals surface area contributed by atoms with Crippen LogP contribution in [0.2, 0.25) is 5.02 Å². The van der Waals surface area contributed by atoms with Crippen molar-refractivity contribution in [3.05, 3.63) is 81.3 Å². The Morgan fingerprint density at radius 1 is 0.939 bits per heavy atom. The van der Waals surface area contributed by atoms with Crippen LogP contribution in [0, 0.1) is 0 Å². The lowest BCUT2D eigenvalue weighted by atomic mass is 10.1. The van der Waals surface area contributed by atoms with Gasteiger partial charge in [-0.2, -0.15) is 0 Å². The molecule has 4 nitrogen and oxygen atoms in total. The molecular weight excluding hydrogens is 500 g/mol. The van der Waals surface area contributed by atoms with Gasteiger partial charge in [-0.15, -0.1) is 0 Å². The van der Waals surface area contributed by atoms with Gasteiger partial charge in [-0.1, -0.05) is 57.9 Å². The lowest BCUT2D eigenvalue weighted by Gasteiger charge is -2.29. The first-order chi connectivity index (χ1) is 16.1. The second kappa shape index (κ2) is 11.7. The van der Waals surface area contributed by atoms with Crippen LogP contribution in [-0.2, 0) is 13.2 Å². The third-order valence-corrected chi connectivity index (χ3v) is 6.82. The van der Waals surface area contributed by atoms with Crippen LogP contribution in [0.25, 0.3) is 0 Å². The van der Waals surface area contributed by atoms with Gasteiger partial charge in [0.1, 0.15) is 6.61 Å². The molecular formula is C27H30BrClN2O2. The minimum Gasteiger partial charge on any atom is -0.490 e. The highest BCUT2D eigenvalue weighted by Crippen LogP contribution is 2.35. The van der Waals surface area contributed by atoms with Gasteiger partial charge in [-0.05, 0) is 67.6 Å². The van der Waals surface area contributed by atoms with Crippen molar-refractivity contribution < 1.29 is 9.47 Å². The molecule has 0 unspecified atom stereocenters. The summed E-state index contributed by atoms with van der Waals surface area (Å²) in [4.78, 5) is 2.38. The summed E-state index contributed by atoms with van der Waals surface area (Å²) in [7, 11) is 0. The fourth-order valence-electron chi connectivity index (χ4n) is 4.03. The summed E-state index contributed by atoms with van der Waals surface area (Å²) in [5.74, 6) is 1.47. The van der Waals surface area contributed by atoms with E-state index in [9.17, 15) is 0 Å². The molecule has 1 aliphatic heterocycles. The first kappa shape index (κ1) is 23.8. The predicted molar refractivity (Wildman–Crippen MR) is 141 cm³/mol. The number of halogens is 2. The molecule has 0 aromatic heterocycles. The number of nitrogens with zero attached hydrogens (tertiary/aromatic N) is 1. The SMILES string of the molecule is CCOc1cc(CNc2ccc(N3CCCCC3)c(Cl)c2)c(Br)cc1OCc1ccccc1. The van der Waals surface area contributed by atoms with E-state index >= 15 is 0 Å². The van der Waals surface area contributed by atoms with Crippen molar-refractivity contribution in [2.24, 2.45) is 0 Å². The standard InChI is InChI=1S/C27H30BrClN2O2/c1-2-32-26-15-21(23(28)17-27(26)33-19-20-9-5-3-6-10-20)18-30-22-11-12-25(24(29)16-22)31-13-7-4-8-14-31/h3,5-6,9-12,15-17,30H,2,4,7-8,13-14,18-19H2,1H3.